The van der Waals surface area contributed by atoms with E-state index >= 15 is 0 Å². The van der Waals surface area contributed by atoms with E-state index in [4.69, 9.17) is 5.11 Å². The monoisotopic (exact) mass is 288 g/mol. The van der Waals surface area contributed by atoms with E-state index in [-0.39, 0.29) is 17.5 Å². The summed E-state index contributed by atoms with van der Waals surface area (Å²) in [6, 6.07) is -1.05. The molecule has 110 valence electrons. The highest BCUT2D eigenvalue weighted by Crippen LogP contribution is 2.37. The van der Waals surface area contributed by atoms with Crippen LogP contribution in [0.1, 0.15) is 39.5 Å². The normalized spacial score (nSPS) is 22.8. The van der Waals surface area contributed by atoms with Gasteiger partial charge in [0.15, 0.2) is 0 Å². The zero-order chi connectivity index (χ0) is 14.5. The fourth-order valence-electron chi connectivity index (χ4n) is 2.45. The van der Waals surface area contributed by atoms with Crippen LogP contribution < -0.4 is 10.6 Å². The van der Waals surface area contributed by atoms with Crippen molar-refractivity contribution in [2.24, 2.45) is 5.41 Å². The molecule has 1 aliphatic rings. The first-order valence-corrected chi connectivity index (χ1v) is 8.05. The number of carbonyl (C=O) groups excluding carboxylic acids is 1. The molecule has 1 fully saturated rings. The molecule has 0 bridgehead atoms. The van der Waals surface area contributed by atoms with Crippen molar-refractivity contribution in [2.45, 2.75) is 51.6 Å². The van der Waals surface area contributed by atoms with E-state index in [9.17, 15) is 9.59 Å². The summed E-state index contributed by atoms with van der Waals surface area (Å²) in [6.45, 7) is 4.26. The highest BCUT2D eigenvalue weighted by Gasteiger charge is 2.35. The Hall–Kier alpha value is -0.910. The molecule has 5 nitrogen and oxygen atoms in total. The standard InChI is InChI=1S/C13H24N2O3S/c1-13(2)7-4-5-10(13)15-12(18)14-9(11(16)17)6-8-19-3/h9-10H,4-8H2,1-3H3,(H,16,17)(H2,14,15,18). The van der Waals surface area contributed by atoms with Gasteiger partial charge in [-0.15, -0.1) is 0 Å². The fourth-order valence-corrected chi connectivity index (χ4v) is 2.92. The van der Waals surface area contributed by atoms with Crippen molar-refractivity contribution >= 4 is 23.8 Å². The van der Waals surface area contributed by atoms with Crippen molar-refractivity contribution in [3.8, 4) is 0 Å². The van der Waals surface area contributed by atoms with Gasteiger partial charge in [0.2, 0.25) is 0 Å². The molecular formula is C13H24N2O3S. The number of hydrogen-bond donors (Lipinski definition) is 3. The molecule has 0 aliphatic heterocycles. The Morgan fingerprint density at radius 1 is 1.47 bits per heavy atom. The molecule has 1 saturated carbocycles. The van der Waals surface area contributed by atoms with E-state index in [0.717, 1.165) is 19.3 Å². The number of carbonyl (C=O) groups is 2. The smallest absolute Gasteiger partial charge is 0.326 e. The summed E-state index contributed by atoms with van der Waals surface area (Å²) in [5.41, 5.74) is 0.0926. The molecule has 1 rings (SSSR count). The highest BCUT2D eigenvalue weighted by molar-refractivity contribution is 7.98. The molecule has 6 heteroatoms. The zero-order valence-corrected chi connectivity index (χ0v) is 12.7. The van der Waals surface area contributed by atoms with Gasteiger partial charge in [-0.25, -0.2) is 9.59 Å². The molecule has 0 radical (unpaired) electrons. The number of rotatable bonds is 6. The topological polar surface area (TPSA) is 78.4 Å². The molecule has 0 aromatic heterocycles. The Labute approximate surface area is 118 Å². The van der Waals surface area contributed by atoms with Gasteiger partial charge in [0, 0.05) is 6.04 Å². The third-order valence-corrected chi connectivity index (χ3v) is 4.42. The van der Waals surface area contributed by atoms with Gasteiger partial charge in [-0.3, -0.25) is 0 Å². The van der Waals surface area contributed by atoms with E-state index in [0.29, 0.717) is 12.2 Å². The number of hydrogen-bond acceptors (Lipinski definition) is 3. The average molecular weight is 288 g/mol. The molecular weight excluding hydrogens is 264 g/mol. The summed E-state index contributed by atoms with van der Waals surface area (Å²) in [7, 11) is 0. The largest absolute Gasteiger partial charge is 0.480 e. The van der Waals surface area contributed by atoms with E-state index in [1.54, 1.807) is 11.8 Å². The zero-order valence-electron chi connectivity index (χ0n) is 11.9. The molecule has 0 saturated heterocycles. The third kappa shape index (κ3) is 4.93. The van der Waals surface area contributed by atoms with Crippen LogP contribution in [-0.4, -0.2) is 41.2 Å². The summed E-state index contributed by atoms with van der Waals surface area (Å²) in [6.07, 6.45) is 5.51. The second-order valence-electron chi connectivity index (χ2n) is 5.72. The van der Waals surface area contributed by atoms with Crippen molar-refractivity contribution < 1.29 is 14.7 Å². The molecule has 1 aliphatic carbocycles. The van der Waals surface area contributed by atoms with E-state index < -0.39 is 12.0 Å². The van der Waals surface area contributed by atoms with Crippen LogP contribution in [0.25, 0.3) is 0 Å². The number of amides is 2. The minimum Gasteiger partial charge on any atom is -0.480 e. The number of thioether (sulfide) groups is 1. The van der Waals surface area contributed by atoms with Gasteiger partial charge in [0.25, 0.3) is 0 Å². The van der Waals surface area contributed by atoms with Crippen LogP contribution in [0.4, 0.5) is 4.79 Å². The molecule has 3 N–H and O–H groups in total. The lowest BCUT2D eigenvalue weighted by Crippen LogP contribution is -2.51. The van der Waals surface area contributed by atoms with Gasteiger partial charge in [0.1, 0.15) is 6.04 Å². The molecule has 19 heavy (non-hydrogen) atoms. The Bertz CT molecular complexity index is 334. The van der Waals surface area contributed by atoms with E-state index in [1.807, 2.05) is 6.26 Å². The molecule has 0 aromatic rings. The van der Waals surface area contributed by atoms with Gasteiger partial charge in [-0.05, 0) is 36.7 Å². The molecule has 2 atom stereocenters. The number of aliphatic carboxylic acids is 1. The number of nitrogens with one attached hydrogen (secondary N) is 2. The summed E-state index contributed by atoms with van der Waals surface area (Å²) in [5, 5.41) is 14.5. The summed E-state index contributed by atoms with van der Waals surface area (Å²) < 4.78 is 0. The Kier molecular flexibility index (Phi) is 5.97. The molecule has 0 spiro atoms. The second-order valence-corrected chi connectivity index (χ2v) is 6.71. The van der Waals surface area contributed by atoms with Crippen LogP contribution in [0.15, 0.2) is 0 Å². The molecule has 2 amide bonds. The van der Waals surface area contributed by atoms with Crippen LogP contribution >= 0.6 is 11.8 Å². The maximum absolute atomic E-state index is 11.9. The first-order chi connectivity index (χ1) is 8.86. The summed E-state index contributed by atoms with van der Waals surface area (Å²) >= 11 is 1.57. The third-order valence-electron chi connectivity index (χ3n) is 3.78. The molecule has 0 heterocycles. The second kappa shape index (κ2) is 7.03. The first kappa shape index (κ1) is 16.1. The lowest BCUT2D eigenvalue weighted by atomic mass is 9.87. The lowest BCUT2D eigenvalue weighted by molar-refractivity contribution is -0.139. The van der Waals surface area contributed by atoms with Gasteiger partial charge in [-0.2, -0.15) is 11.8 Å². The summed E-state index contributed by atoms with van der Waals surface area (Å²) in [5.74, 6) is -0.263. The van der Waals surface area contributed by atoms with Gasteiger partial charge >= 0.3 is 12.0 Å². The van der Waals surface area contributed by atoms with Crippen molar-refractivity contribution in [1.29, 1.82) is 0 Å². The van der Waals surface area contributed by atoms with Gasteiger partial charge in [-0.1, -0.05) is 20.3 Å². The molecule has 2 unspecified atom stereocenters. The Balaban J connectivity index is 2.46. The summed E-state index contributed by atoms with van der Waals surface area (Å²) in [4.78, 5) is 22.9. The number of carboxylic acids is 1. The van der Waals surface area contributed by atoms with E-state index in [2.05, 4.69) is 24.5 Å². The van der Waals surface area contributed by atoms with Crippen molar-refractivity contribution in [3.05, 3.63) is 0 Å². The maximum Gasteiger partial charge on any atom is 0.326 e. The van der Waals surface area contributed by atoms with Crippen LogP contribution in [0, 0.1) is 5.41 Å². The molecule has 0 aromatic carbocycles. The van der Waals surface area contributed by atoms with Crippen LogP contribution in [0.3, 0.4) is 0 Å². The quantitative estimate of drug-likeness (QED) is 0.699. The highest BCUT2D eigenvalue weighted by atomic mass is 32.2. The van der Waals surface area contributed by atoms with E-state index in [1.165, 1.54) is 0 Å². The minimum atomic E-state index is -0.977. The predicted molar refractivity (Wildman–Crippen MR) is 77.5 cm³/mol. The first-order valence-electron chi connectivity index (χ1n) is 6.65. The maximum atomic E-state index is 11.9. The van der Waals surface area contributed by atoms with Crippen molar-refractivity contribution in [3.63, 3.8) is 0 Å². The number of urea groups is 1. The minimum absolute atomic E-state index is 0.0926. The van der Waals surface area contributed by atoms with Crippen molar-refractivity contribution in [1.82, 2.24) is 10.6 Å². The van der Waals surface area contributed by atoms with Crippen LogP contribution in [0.2, 0.25) is 0 Å². The lowest BCUT2D eigenvalue weighted by Gasteiger charge is -2.28. The predicted octanol–water partition coefficient (Wildman–Crippen LogP) is 2.07. The fraction of sp³-hybridized carbons (Fsp3) is 0.846. The van der Waals surface area contributed by atoms with Crippen molar-refractivity contribution in [2.75, 3.05) is 12.0 Å². The Morgan fingerprint density at radius 2 is 2.16 bits per heavy atom. The average Bonchev–Trinajstić information content (AvgIpc) is 2.63. The Morgan fingerprint density at radius 3 is 2.63 bits per heavy atom. The van der Waals surface area contributed by atoms with Crippen LogP contribution in [-0.2, 0) is 4.79 Å². The SMILES string of the molecule is CSCCC(NC(=O)NC1CCCC1(C)C)C(=O)O. The number of carboxylic acid groups (broad SMARTS) is 1. The van der Waals surface area contributed by atoms with Gasteiger partial charge < -0.3 is 15.7 Å². The van der Waals surface area contributed by atoms with Crippen LogP contribution in [0.5, 0.6) is 0 Å². The van der Waals surface area contributed by atoms with Gasteiger partial charge in [0.05, 0.1) is 0 Å².